The molecule has 9 heteroatoms. The number of benzene rings is 1. The number of piperidine rings is 1. The molecule has 0 atom stereocenters. The van der Waals surface area contributed by atoms with Gasteiger partial charge in [0, 0.05) is 48.2 Å². The molecule has 0 bridgehead atoms. The Morgan fingerprint density at radius 1 is 1.11 bits per heavy atom. The van der Waals surface area contributed by atoms with Crippen LogP contribution in [0.1, 0.15) is 50.8 Å². The van der Waals surface area contributed by atoms with Gasteiger partial charge in [-0.1, -0.05) is 41.1 Å². The van der Waals surface area contributed by atoms with Crippen LogP contribution >= 0.6 is 23.2 Å². The lowest BCUT2D eigenvalue weighted by Crippen LogP contribution is -2.42. The second-order valence-corrected chi connectivity index (χ2v) is 10.9. The van der Waals surface area contributed by atoms with Gasteiger partial charge >= 0.3 is 6.09 Å². The summed E-state index contributed by atoms with van der Waals surface area (Å²) in [5.74, 6) is 6.27. The van der Waals surface area contributed by atoms with Gasteiger partial charge in [-0.05, 0) is 51.8 Å². The van der Waals surface area contributed by atoms with Crippen molar-refractivity contribution in [3.63, 3.8) is 0 Å². The van der Waals surface area contributed by atoms with E-state index in [4.69, 9.17) is 27.9 Å². The zero-order chi connectivity index (χ0) is 26.2. The van der Waals surface area contributed by atoms with E-state index >= 15 is 0 Å². The highest BCUT2D eigenvalue weighted by molar-refractivity contribution is 6.36. The minimum atomic E-state index is -0.494. The number of aromatic amines is 1. The summed E-state index contributed by atoms with van der Waals surface area (Å²) >= 11 is 12.5. The Bertz CT molecular complexity index is 1490. The van der Waals surface area contributed by atoms with E-state index in [9.17, 15) is 4.79 Å². The third-order valence-corrected chi connectivity index (χ3v) is 6.87. The first-order chi connectivity index (χ1) is 17.7. The number of halogens is 2. The highest BCUT2D eigenvalue weighted by Gasteiger charge is 2.28. The fraction of sp³-hybridized carbons (Fsp3) is 0.321. The smallest absolute Gasteiger partial charge is 0.410 e. The van der Waals surface area contributed by atoms with Crippen LogP contribution in [0.2, 0.25) is 10.0 Å². The average Bonchev–Trinajstić information content (AvgIpc) is 3.50. The summed E-state index contributed by atoms with van der Waals surface area (Å²) in [6.07, 6.45) is 8.94. The van der Waals surface area contributed by atoms with Gasteiger partial charge in [-0.3, -0.25) is 4.68 Å². The summed E-state index contributed by atoms with van der Waals surface area (Å²) in [4.78, 5) is 21.9. The molecular weight excluding hydrogens is 509 g/mol. The van der Waals surface area contributed by atoms with Crippen molar-refractivity contribution in [2.24, 2.45) is 0 Å². The van der Waals surface area contributed by atoms with Gasteiger partial charge in [-0.25, -0.2) is 9.78 Å². The molecule has 0 spiro atoms. The summed E-state index contributed by atoms with van der Waals surface area (Å²) in [6.45, 7) is 6.93. The zero-order valence-electron chi connectivity index (χ0n) is 20.9. The van der Waals surface area contributed by atoms with E-state index in [0.29, 0.717) is 28.7 Å². The molecule has 7 nitrogen and oxygen atoms in total. The third kappa shape index (κ3) is 5.61. The molecule has 1 fully saturated rings. The Kier molecular flexibility index (Phi) is 6.89. The van der Waals surface area contributed by atoms with Crippen molar-refractivity contribution in [3.8, 4) is 23.0 Å². The van der Waals surface area contributed by atoms with Crippen LogP contribution in [-0.4, -0.2) is 49.4 Å². The summed E-state index contributed by atoms with van der Waals surface area (Å²) in [6, 6.07) is 7.61. The summed E-state index contributed by atoms with van der Waals surface area (Å²) < 4.78 is 7.49. The van der Waals surface area contributed by atoms with E-state index in [1.54, 1.807) is 23.1 Å². The maximum atomic E-state index is 12.4. The molecule has 1 amide bonds. The minimum absolute atomic E-state index is 0.221. The minimum Gasteiger partial charge on any atom is -0.444 e. The molecule has 1 aliphatic rings. The van der Waals surface area contributed by atoms with Crippen LogP contribution in [0.3, 0.4) is 0 Å². The van der Waals surface area contributed by atoms with Gasteiger partial charge in [0.25, 0.3) is 0 Å². The number of carbonyl (C=O) groups excluding carboxylic acids is 1. The maximum absolute atomic E-state index is 12.4. The fourth-order valence-corrected chi connectivity index (χ4v) is 4.83. The number of hydrogen-bond acceptors (Lipinski definition) is 4. The molecule has 0 radical (unpaired) electrons. The molecule has 0 saturated carbocycles. The number of nitrogens with one attached hydrogen (secondary N) is 1. The number of rotatable bonds is 2. The molecule has 1 N–H and O–H groups in total. The third-order valence-electron chi connectivity index (χ3n) is 6.24. The van der Waals surface area contributed by atoms with Gasteiger partial charge in [0.05, 0.1) is 33.4 Å². The van der Waals surface area contributed by atoms with Crippen LogP contribution in [0, 0.1) is 11.8 Å². The number of likely N-dealkylation sites (tertiary alicyclic amines) is 1. The van der Waals surface area contributed by atoms with Crippen LogP contribution in [0.5, 0.6) is 0 Å². The van der Waals surface area contributed by atoms with Crippen molar-refractivity contribution in [2.75, 3.05) is 13.1 Å². The van der Waals surface area contributed by atoms with Crippen LogP contribution in [-0.2, 0) is 4.74 Å². The van der Waals surface area contributed by atoms with Gasteiger partial charge in [-0.15, -0.1) is 0 Å². The van der Waals surface area contributed by atoms with E-state index in [1.807, 2.05) is 50.2 Å². The van der Waals surface area contributed by atoms with Crippen LogP contribution in [0.4, 0.5) is 4.79 Å². The lowest BCUT2D eigenvalue weighted by atomic mass is 10.1. The zero-order valence-corrected chi connectivity index (χ0v) is 22.4. The standard InChI is InChI=1S/C28H27Cl2N5O2/c1-28(2,3)37-27(36)34-11-9-21(10-12-34)35-17-20(16-33-35)19-13-23-18(14-31-26(23)32-15-19)7-8-22-24(29)5-4-6-25(22)30/h4-6,13-17,21H,9-12H2,1-3H3,(H,31,32). The molecule has 1 aliphatic heterocycles. The van der Waals surface area contributed by atoms with Crippen LogP contribution in [0.25, 0.3) is 22.2 Å². The number of aromatic nitrogens is 4. The number of carbonyl (C=O) groups is 1. The van der Waals surface area contributed by atoms with Gasteiger partial charge in [0.1, 0.15) is 11.2 Å². The average molecular weight is 536 g/mol. The number of fused-ring (bicyclic) bond motifs is 1. The largest absolute Gasteiger partial charge is 0.444 e. The monoisotopic (exact) mass is 535 g/mol. The number of ether oxygens (including phenoxy) is 1. The molecule has 1 saturated heterocycles. The Morgan fingerprint density at radius 3 is 2.54 bits per heavy atom. The Labute approximate surface area is 225 Å². The molecule has 0 unspecified atom stereocenters. The SMILES string of the molecule is CC(C)(C)OC(=O)N1CCC(n2cc(-c3cnc4[nH]cc(C#Cc5c(Cl)cccc5Cl)c4c3)cn2)CC1. The highest BCUT2D eigenvalue weighted by Crippen LogP contribution is 2.29. The quantitative estimate of drug-likeness (QED) is 0.289. The second-order valence-electron chi connectivity index (χ2n) is 10.1. The van der Waals surface area contributed by atoms with Gasteiger partial charge < -0.3 is 14.6 Å². The number of H-pyrrole nitrogens is 1. The molecule has 3 aromatic heterocycles. The lowest BCUT2D eigenvalue weighted by Gasteiger charge is -2.33. The molecule has 37 heavy (non-hydrogen) atoms. The Morgan fingerprint density at radius 2 is 1.84 bits per heavy atom. The van der Waals surface area contributed by atoms with E-state index in [2.05, 4.69) is 33.0 Å². The van der Waals surface area contributed by atoms with E-state index < -0.39 is 5.60 Å². The topological polar surface area (TPSA) is 76.0 Å². The van der Waals surface area contributed by atoms with Gasteiger partial charge in [0.15, 0.2) is 0 Å². The Balaban J connectivity index is 1.32. The van der Waals surface area contributed by atoms with E-state index in [1.165, 1.54) is 0 Å². The molecule has 1 aromatic carbocycles. The van der Waals surface area contributed by atoms with E-state index in [-0.39, 0.29) is 12.1 Å². The van der Waals surface area contributed by atoms with Crippen molar-refractivity contribution in [1.82, 2.24) is 24.6 Å². The number of amides is 1. The van der Waals surface area contributed by atoms with E-state index in [0.717, 1.165) is 40.6 Å². The first-order valence-electron chi connectivity index (χ1n) is 12.1. The normalized spacial score (nSPS) is 14.5. The molecular formula is C28H27Cl2N5O2. The maximum Gasteiger partial charge on any atom is 0.410 e. The fourth-order valence-electron chi connectivity index (χ4n) is 4.34. The number of pyridine rings is 1. The Hall–Kier alpha value is -3.47. The van der Waals surface area contributed by atoms with Crippen molar-refractivity contribution in [1.29, 1.82) is 0 Å². The predicted molar refractivity (Wildman–Crippen MR) is 146 cm³/mol. The highest BCUT2D eigenvalue weighted by atomic mass is 35.5. The van der Waals surface area contributed by atoms with Gasteiger partial charge in [-0.2, -0.15) is 5.10 Å². The van der Waals surface area contributed by atoms with Crippen molar-refractivity contribution < 1.29 is 9.53 Å². The first-order valence-corrected chi connectivity index (χ1v) is 12.9. The van der Waals surface area contributed by atoms with Crippen LogP contribution in [0.15, 0.2) is 49.1 Å². The van der Waals surface area contributed by atoms with Crippen molar-refractivity contribution in [2.45, 2.75) is 45.3 Å². The van der Waals surface area contributed by atoms with Crippen molar-refractivity contribution >= 4 is 40.3 Å². The van der Waals surface area contributed by atoms with Gasteiger partial charge in [0.2, 0.25) is 0 Å². The molecule has 190 valence electrons. The van der Waals surface area contributed by atoms with Crippen molar-refractivity contribution in [3.05, 3.63) is 70.2 Å². The second kappa shape index (κ2) is 10.1. The lowest BCUT2D eigenvalue weighted by molar-refractivity contribution is 0.0185. The molecule has 0 aliphatic carbocycles. The number of hydrogen-bond donors (Lipinski definition) is 1. The summed E-state index contributed by atoms with van der Waals surface area (Å²) in [5.41, 5.74) is 3.58. The predicted octanol–water partition coefficient (Wildman–Crippen LogP) is 6.71. The molecule has 5 rings (SSSR count). The number of nitrogens with zero attached hydrogens (tertiary/aromatic N) is 4. The van der Waals surface area contributed by atoms with Crippen LogP contribution < -0.4 is 0 Å². The first kappa shape index (κ1) is 25.2. The summed E-state index contributed by atoms with van der Waals surface area (Å²) in [7, 11) is 0. The molecule has 4 heterocycles. The molecule has 4 aromatic rings. The summed E-state index contributed by atoms with van der Waals surface area (Å²) in [5, 5.41) is 6.56.